The Morgan fingerprint density at radius 2 is 1.80 bits per heavy atom. The third-order valence-electron chi connectivity index (χ3n) is 2.49. The molecule has 0 saturated heterocycles. The minimum Gasteiger partial charge on any atom is -0.399 e. The molecule has 6 heteroatoms. The van der Waals surface area contributed by atoms with E-state index in [1.54, 1.807) is 12.1 Å². The Hall–Kier alpha value is -0.970. The second-order valence-electron chi connectivity index (χ2n) is 6.14. The summed E-state index contributed by atoms with van der Waals surface area (Å²) >= 11 is 12.1. The zero-order valence-corrected chi connectivity index (χ0v) is 13.8. The van der Waals surface area contributed by atoms with Crippen LogP contribution in [0.2, 0.25) is 10.0 Å². The number of carbonyl (C=O) groups is 1. The fourth-order valence-electron chi connectivity index (χ4n) is 2.00. The van der Waals surface area contributed by atoms with Gasteiger partial charge in [-0.15, -0.1) is 0 Å². The number of nitrogens with one attached hydrogen (secondary N) is 1. The molecular weight excluding hydrogens is 297 g/mol. The van der Waals surface area contributed by atoms with Crippen molar-refractivity contribution in [2.24, 2.45) is 5.41 Å². The maximum absolute atomic E-state index is 12.0. The van der Waals surface area contributed by atoms with Crippen molar-refractivity contribution in [2.45, 2.75) is 20.8 Å². The lowest BCUT2D eigenvalue weighted by molar-refractivity contribution is -0.117. The molecule has 0 atom stereocenters. The fraction of sp³-hybridized carbons (Fsp3) is 0.500. The molecule has 0 aliphatic carbocycles. The molecule has 0 radical (unpaired) electrons. The first-order valence-corrected chi connectivity index (χ1v) is 7.07. The minimum absolute atomic E-state index is 0.130. The van der Waals surface area contributed by atoms with E-state index in [0.29, 0.717) is 21.4 Å². The Morgan fingerprint density at radius 1 is 1.30 bits per heavy atom. The molecule has 1 aromatic rings. The zero-order valence-electron chi connectivity index (χ0n) is 12.3. The Balaban J connectivity index is 2.68. The highest BCUT2D eigenvalue weighted by molar-refractivity contribution is 6.40. The van der Waals surface area contributed by atoms with Crippen molar-refractivity contribution >= 4 is 40.5 Å². The van der Waals surface area contributed by atoms with Gasteiger partial charge < -0.3 is 11.1 Å². The topological polar surface area (TPSA) is 58.4 Å². The predicted molar refractivity (Wildman–Crippen MR) is 86.5 cm³/mol. The van der Waals surface area contributed by atoms with Gasteiger partial charge >= 0.3 is 0 Å². The van der Waals surface area contributed by atoms with E-state index in [-0.39, 0.29) is 17.9 Å². The van der Waals surface area contributed by atoms with Gasteiger partial charge in [-0.2, -0.15) is 0 Å². The summed E-state index contributed by atoms with van der Waals surface area (Å²) in [4.78, 5) is 13.9. The number of halogens is 2. The Morgan fingerprint density at radius 3 is 2.25 bits per heavy atom. The highest BCUT2D eigenvalue weighted by atomic mass is 35.5. The van der Waals surface area contributed by atoms with Crippen LogP contribution in [-0.2, 0) is 4.79 Å². The van der Waals surface area contributed by atoms with Crippen molar-refractivity contribution in [3.8, 4) is 0 Å². The number of anilines is 2. The molecule has 112 valence electrons. The maximum Gasteiger partial charge on any atom is 0.238 e. The lowest BCUT2D eigenvalue weighted by atomic mass is 9.96. The van der Waals surface area contributed by atoms with Crippen molar-refractivity contribution in [3.63, 3.8) is 0 Å². The lowest BCUT2D eigenvalue weighted by Crippen LogP contribution is -2.35. The molecular formula is C14H21Cl2N3O. The van der Waals surface area contributed by atoms with E-state index in [1.165, 1.54) is 0 Å². The van der Waals surface area contributed by atoms with Crippen LogP contribution in [-0.4, -0.2) is 30.9 Å². The van der Waals surface area contributed by atoms with Crippen LogP contribution in [0.5, 0.6) is 0 Å². The summed E-state index contributed by atoms with van der Waals surface area (Å²) in [5, 5.41) is 3.39. The normalized spacial score (nSPS) is 11.8. The van der Waals surface area contributed by atoms with Crippen LogP contribution < -0.4 is 11.1 Å². The first-order valence-electron chi connectivity index (χ1n) is 6.31. The Bertz CT molecular complexity index is 475. The third-order valence-corrected chi connectivity index (χ3v) is 3.08. The average Bonchev–Trinajstić information content (AvgIpc) is 2.20. The van der Waals surface area contributed by atoms with Gasteiger partial charge in [0.2, 0.25) is 5.91 Å². The number of nitrogens with two attached hydrogens (primary N) is 1. The molecule has 0 aromatic heterocycles. The van der Waals surface area contributed by atoms with Gasteiger partial charge in [0.15, 0.2) is 0 Å². The second kappa shape index (κ2) is 6.66. The number of benzene rings is 1. The molecule has 3 N–H and O–H groups in total. The number of hydrogen-bond donors (Lipinski definition) is 2. The van der Waals surface area contributed by atoms with Gasteiger partial charge in [-0.1, -0.05) is 44.0 Å². The predicted octanol–water partition coefficient (Wildman–Crippen LogP) is 3.49. The molecule has 4 nitrogen and oxygen atoms in total. The van der Waals surface area contributed by atoms with E-state index < -0.39 is 0 Å². The molecule has 20 heavy (non-hydrogen) atoms. The average molecular weight is 318 g/mol. The summed E-state index contributed by atoms with van der Waals surface area (Å²) in [6.07, 6.45) is 0. The van der Waals surface area contributed by atoms with Crippen LogP contribution in [0.3, 0.4) is 0 Å². The van der Waals surface area contributed by atoms with Crippen molar-refractivity contribution in [1.82, 2.24) is 4.90 Å². The van der Waals surface area contributed by atoms with Gasteiger partial charge in [-0.25, -0.2) is 0 Å². The maximum atomic E-state index is 12.0. The Labute approximate surface area is 130 Å². The number of hydrogen-bond acceptors (Lipinski definition) is 3. The van der Waals surface area contributed by atoms with E-state index in [0.717, 1.165) is 6.54 Å². The highest BCUT2D eigenvalue weighted by Gasteiger charge is 2.17. The summed E-state index contributed by atoms with van der Waals surface area (Å²) in [5.41, 5.74) is 6.61. The van der Waals surface area contributed by atoms with Crippen molar-refractivity contribution < 1.29 is 4.79 Å². The quantitative estimate of drug-likeness (QED) is 0.836. The van der Waals surface area contributed by atoms with Gasteiger partial charge in [0, 0.05) is 12.2 Å². The summed E-state index contributed by atoms with van der Waals surface area (Å²) in [6, 6.07) is 3.11. The van der Waals surface area contributed by atoms with Gasteiger partial charge in [-0.3, -0.25) is 9.69 Å². The smallest absolute Gasteiger partial charge is 0.238 e. The van der Waals surface area contributed by atoms with Crippen LogP contribution in [0.25, 0.3) is 0 Å². The van der Waals surface area contributed by atoms with Crippen LogP contribution in [0, 0.1) is 5.41 Å². The van der Waals surface area contributed by atoms with Gasteiger partial charge in [0.1, 0.15) is 0 Å². The first kappa shape index (κ1) is 17.1. The number of rotatable bonds is 4. The van der Waals surface area contributed by atoms with Gasteiger partial charge in [-0.05, 0) is 24.6 Å². The number of amides is 1. The number of nitrogen functional groups attached to an aromatic ring is 1. The standard InChI is InChI=1S/C14H21Cl2N3O/c1-14(2,3)8-19(4)7-12(20)18-13-10(15)5-9(17)6-11(13)16/h5-6H,7-8,17H2,1-4H3,(H,18,20). The van der Waals surface area contributed by atoms with Gasteiger partial charge in [0.25, 0.3) is 0 Å². The lowest BCUT2D eigenvalue weighted by Gasteiger charge is -2.26. The minimum atomic E-state index is -0.162. The van der Waals surface area contributed by atoms with E-state index >= 15 is 0 Å². The second-order valence-corrected chi connectivity index (χ2v) is 6.96. The fourth-order valence-corrected chi connectivity index (χ4v) is 2.60. The molecule has 0 spiro atoms. The van der Waals surface area contributed by atoms with Crippen LogP contribution >= 0.6 is 23.2 Å². The molecule has 0 unspecified atom stereocenters. The summed E-state index contributed by atoms with van der Waals surface area (Å²) in [7, 11) is 1.90. The summed E-state index contributed by atoms with van der Waals surface area (Å²) in [5.74, 6) is -0.162. The van der Waals surface area contributed by atoms with Crippen LogP contribution in [0.1, 0.15) is 20.8 Å². The molecule has 0 saturated carbocycles. The summed E-state index contributed by atoms with van der Waals surface area (Å²) < 4.78 is 0. The van der Waals surface area contributed by atoms with Crippen LogP contribution in [0.4, 0.5) is 11.4 Å². The third kappa shape index (κ3) is 5.57. The molecule has 1 rings (SSSR count). The largest absolute Gasteiger partial charge is 0.399 e. The van der Waals surface area contributed by atoms with Crippen molar-refractivity contribution in [1.29, 1.82) is 0 Å². The molecule has 0 aliphatic rings. The molecule has 1 amide bonds. The van der Waals surface area contributed by atoms with E-state index in [1.807, 2.05) is 11.9 Å². The molecule has 0 heterocycles. The van der Waals surface area contributed by atoms with E-state index in [4.69, 9.17) is 28.9 Å². The first-order chi connectivity index (χ1) is 9.08. The van der Waals surface area contributed by atoms with Crippen LogP contribution in [0.15, 0.2) is 12.1 Å². The molecule has 0 fully saturated rings. The Kier molecular flexibility index (Phi) is 5.68. The van der Waals surface area contributed by atoms with E-state index in [9.17, 15) is 4.79 Å². The van der Waals surface area contributed by atoms with Crippen molar-refractivity contribution in [2.75, 3.05) is 31.2 Å². The number of nitrogens with zero attached hydrogens (tertiary/aromatic N) is 1. The number of carbonyl (C=O) groups excluding carboxylic acids is 1. The van der Waals surface area contributed by atoms with Gasteiger partial charge in [0.05, 0.1) is 22.3 Å². The summed E-state index contributed by atoms with van der Waals surface area (Å²) in [6.45, 7) is 7.44. The number of likely N-dealkylation sites (N-methyl/N-ethyl adjacent to an activating group) is 1. The molecule has 1 aromatic carbocycles. The molecule has 0 bridgehead atoms. The monoisotopic (exact) mass is 317 g/mol. The highest BCUT2D eigenvalue weighted by Crippen LogP contribution is 2.32. The van der Waals surface area contributed by atoms with Crippen molar-refractivity contribution in [3.05, 3.63) is 22.2 Å². The molecule has 0 aliphatic heterocycles. The van der Waals surface area contributed by atoms with E-state index in [2.05, 4.69) is 26.1 Å². The zero-order chi connectivity index (χ0) is 15.5. The SMILES string of the molecule is CN(CC(=O)Nc1c(Cl)cc(N)cc1Cl)CC(C)(C)C.